The Labute approximate surface area is 121 Å². The van der Waals surface area contributed by atoms with Crippen LogP contribution in [0.5, 0.6) is 5.75 Å². The molecule has 0 amide bonds. The summed E-state index contributed by atoms with van der Waals surface area (Å²) < 4.78 is 5.87. The Morgan fingerprint density at radius 2 is 2.32 bits per heavy atom. The standard InChI is InChI=1S/C16H24ClNO/c1-3-12(2)14-6-7-16(15(17)9-14)19-11-13-5-4-8-18-10-13/h6-7,9,12-13,18H,3-5,8,10-11H2,1-2H3/t12-,13-/m0/s1. The molecular weight excluding hydrogens is 258 g/mol. The minimum absolute atomic E-state index is 0.550. The predicted molar refractivity (Wildman–Crippen MR) is 81.2 cm³/mol. The summed E-state index contributed by atoms with van der Waals surface area (Å²) in [4.78, 5) is 0. The van der Waals surface area contributed by atoms with Crippen molar-refractivity contribution in [1.29, 1.82) is 0 Å². The van der Waals surface area contributed by atoms with Crippen LogP contribution in [0.1, 0.15) is 44.6 Å². The Hall–Kier alpha value is -0.730. The third-order valence-corrected chi connectivity index (χ3v) is 4.31. The molecule has 2 atom stereocenters. The summed E-state index contributed by atoms with van der Waals surface area (Å²) in [6.45, 7) is 7.37. The quantitative estimate of drug-likeness (QED) is 0.872. The number of hydrogen-bond donors (Lipinski definition) is 1. The van der Waals surface area contributed by atoms with Crippen molar-refractivity contribution in [3.05, 3.63) is 28.8 Å². The van der Waals surface area contributed by atoms with Gasteiger partial charge in [0.15, 0.2) is 0 Å². The minimum atomic E-state index is 0.550. The van der Waals surface area contributed by atoms with Gasteiger partial charge in [-0.05, 0) is 49.4 Å². The average Bonchev–Trinajstić information content (AvgIpc) is 2.46. The maximum Gasteiger partial charge on any atom is 0.137 e. The largest absolute Gasteiger partial charge is 0.492 e. The van der Waals surface area contributed by atoms with E-state index in [2.05, 4.69) is 25.2 Å². The van der Waals surface area contributed by atoms with E-state index in [1.54, 1.807) is 0 Å². The van der Waals surface area contributed by atoms with Gasteiger partial charge in [0.25, 0.3) is 0 Å². The highest BCUT2D eigenvalue weighted by Gasteiger charge is 2.14. The van der Waals surface area contributed by atoms with Crippen LogP contribution in [0.15, 0.2) is 18.2 Å². The SMILES string of the molecule is CC[C@H](C)c1ccc(OC[C@H]2CCCNC2)c(Cl)c1. The smallest absolute Gasteiger partial charge is 0.137 e. The Morgan fingerprint density at radius 3 is 2.95 bits per heavy atom. The van der Waals surface area contributed by atoms with Gasteiger partial charge in [0.1, 0.15) is 5.75 Å². The third kappa shape index (κ3) is 4.12. The predicted octanol–water partition coefficient (Wildman–Crippen LogP) is 4.23. The normalized spacial score (nSPS) is 21.1. The Morgan fingerprint density at radius 1 is 1.47 bits per heavy atom. The second-order valence-electron chi connectivity index (χ2n) is 5.52. The highest BCUT2D eigenvalue weighted by atomic mass is 35.5. The van der Waals surface area contributed by atoms with Crippen LogP contribution in [-0.4, -0.2) is 19.7 Å². The van der Waals surface area contributed by atoms with E-state index in [1.807, 2.05) is 12.1 Å². The van der Waals surface area contributed by atoms with Crippen molar-refractivity contribution in [2.24, 2.45) is 5.92 Å². The van der Waals surface area contributed by atoms with Gasteiger partial charge in [0.2, 0.25) is 0 Å². The molecule has 0 aromatic heterocycles. The Bertz CT molecular complexity index is 402. The van der Waals surface area contributed by atoms with Gasteiger partial charge in [-0.25, -0.2) is 0 Å². The molecule has 0 unspecified atom stereocenters. The fraction of sp³-hybridized carbons (Fsp3) is 0.625. The zero-order valence-electron chi connectivity index (χ0n) is 11.9. The lowest BCUT2D eigenvalue weighted by atomic mass is 9.98. The maximum atomic E-state index is 6.31. The highest BCUT2D eigenvalue weighted by Crippen LogP contribution is 2.30. The molecule has 1 saturated heterocycles. The molecule has 1 aromatic carbocycles. The number of ether oxygens (including phenoxy) is 1. The molecule has 0 saturated carbocycles. The van der Waals surface area contributed by atoms with E-state index < -0.39 is 0 Å². The number of rotatable bonds is 5. The first-order valence-corrected chi connectivity index (χ1v) is 7.71. The highest BCUT2D eigenvalue weighted by molar-refractivity contribution is 6.32. The van der Waals surface area contributed by atoms with Gasteiger partial charge in [0, 0.05) is 12.5 Å². The maximum absolute atomic E-state index is 6.31. The lowest BCUT2D eigenvalue weighted by Gasteiger charge is -2.23. The van der Waals surface area contributed by atoms with Gasteiger partial charge >= 0.3 is 0 Å². The Kier molecular flexibility index (Phi) is 5.53. The lowest BCUT2D eigenvalue weighted by Crippen LogP contribution is -2.33. The first-order valence-electron chi connectivity index (χ1n) is 7.33. The van der Waals surface area contributed by atoms with Crippen LogP contribution in [0, 0.1) is 5.92 Å². The van der Waals surface area contributed by atoms with Crippen LogP contribution >= 0.6 is 11.6 Å². The molecular formula is C16H24ClNO. The molecule has 1 aliphatic heterocycles. The molecule has 2 rings (SSSR count). The molecule has 1 fully saturated rings. The van der Waals surface area contributed by atoms with Crippen LogP contribution in [0.25, 0.3) is 0 Å². The van der Waals surface area contributed by atoms with Gasteiger partial charge in [-0.3, -0.25) is 0 Å². The van der Waals surface area contributed by atoms with Crippen LogP contribution in [0.4, 0.5) is 0 Å². The molecule has 0 radical (unpaired) electrons. The van der Waals surface area contributed by atoms with Gasteiger partial charge in [-0.15, -0.1) is 0 Å². The Balaban J connectivity index is 1.93. The molecule has 0 aliphatic carbocycles. The van der Waals surface area contributed by atoms with Crippen LogP contribution in [0.3, 0.4) is 0 Å². The molecule has 2 nitrogen and oxygen atoms in total. The van der Waals surface area contributed by atoms with Gasteiger partial charge in [-0.1, -0.05) is 31.5 Å². The second kappa shape index (κ2) is 7.16. The number of piperidine rings is 1. The van der Waals surface area contributed by atoms with Gasteiger partial charge < -0.3 is 10.1 Å². The summed E-state index contributed by atoms with van der Waals surface area (Å²) in [7, 11) is 0. The van der Waals surface area contributed by atoms with Crippen molar-refractivity contribution in [3.8, 4) is 5.75 Å². The van der Waals surface area contributed by atoms with Crippen LogP contribution < -0.4 is 10.1 Å². The molecule has 3 heteroatoms. The molecule has 1 heterocycles. The third-order valence-electron chi connectivity index (χ3n) is 4.01. The van der Waals surface area contributed by atoms with E-state index in [0.717, 1.165) is 36.9 Å². The van der Waals surface area contributed by atoms with E-state index in [4.69, 9.17) is 16.3 Å². The molecule has 19 heavy (non-hydrogen) atoms. The number of nitrogens with one attached hydrogen (secondary N) is 1. The molecule has 0 bridgehead atoms. The zero-order valence-corrected chi connectivity index (χ0v) is 12.7. The van der Waals surface area contributed by atoms with Crippen molar-refractivity contribution in [3.63, 3.8) is 0 Å². The van der Waals surface area contributed by atoms with Crippen LogP contribution in [-0.2, 0) is 0 Å². The molecule has 1 aliphatic rings. The van der Waals surface area contributed by atoms with E-state index >= 15 is 0 Å². The number of hydrogen-bond acceptors (Lipinski definition) is 2. The van der Waals surface area contributed by atoms with E-state index in [1.165, 1.54) is 18.4 Å². The fourth-order valence-corrected chi connectivity index (χ4v) is 2.69. The topological polar surface area (TPSA) is 21.3 Å². The number of benzene rings is 1. The second-order valence-corrected chi connectivity index (χ2v) is 5.93. The van der Waals surface area contributed by atoms with Crippen molar-refractivity contribution in [1.82, 2.24) is 5.32 Å². The fourth-order valence-electron chi connectivity index (χ4n) is 2.45. The first-order chi connectivity index (χ1) is 9.20. The summed E-state index contributed by atoms with van der Waals surface area (Å²) in [5.41, 5.74) is 1.29. The van der Waals surface area contributed by atoms with E-state index in [9.17, 15) is 0 Å². The number of halogens is 1. The monoisotopic (exact) mass is 281 g/mol. The molecule has 1 aromatic rings. The lowest BCUT2D eigenvalue weighted by molar-refractivity contribution is 0.218. The first kappa shape index (κ1) is 14.7. The molecule has 0 spiro atoms. The van der Waals surface area contributed by atoms with Crippen LogP contribution in [0.2, 0.25) is 5.02 Å². The zero-order chi connectivity index (χ0) is 13.7. The van der Waals surface area contributed by atoms with Crippen molar-refractivity contribution < 1.29 is 4.74 Å². The summed E-state index contributed by atoms with van der Waals surface area (Å²) in [5.74, 6) is 1.98. The molecule has 106 valence electrons. The van der Waals surface area contributed by atoms with E-state index in [0.29, 0.717) is 11.8 Å². The van der Waals surface area contributed by atoms with Gasteiger partial charge in [0.05, 0.1) is 11.6 Å². The summed E-state index contributed by atoms with van der Waals surface area (Å²) >= 11 is 6.31. The van der Waals surface area contributed by atoms with Crippen molar-refractivity contribution >= 4 is 11.6 Å². The summed E-state index contributed by atoms with van der Waals surface area (Å²) in [5, 5.41) is 4.14. The summed E-state index contributed by atoms with van der Waals surface area (Å²) in [6, 6.07) is 6.19. The minimum Gasteiger partial charge on any atom is -0.492 e. The molecule has 1 N–H and O–H groups in total. The van der Waals surface area contributed by atoms with Crippen molar-refractivity contribution in [2.75, 3.05) is 19.7 Å². The van der Waals surface area contributed by atoms with Crippen molar-refractivity contribution in [2.45, 2.75) is 39.0 Å². The summed E-state index contributed by atoms with van der Waals surface area (Å²) in [6.07, 6.45) is 3.62. The van der Waals surface area contributed by atoms with E-state index in [-0.39, 0.29) is 0 Å². The van der Waals surface area contributed by atoms with Gasteiger partial charge in [-0.2, -0.15) is 0 Å². The average molecular weight is 282 g/mol.